The fraction of sp³-hybridized carbons (Fsp3) is 0.385. The first-order valence-electron chi connectivity index (χ1n) is 11.8. The summed E-state index contributed by atoms with van der Waals surface area (Å²) in [5.74, 6) is 0.108. The molecule has 0 bridgehead atoms. The van der Waals surface area contributed by atoms with E-state index in [-0.39, 0.29) is 16.9 Å². The van der Waals surface area contributed by atoms with E-state index in [1.54, 1.807) is 23.7 Å². The first-order chi connectivity index (χ1) is 16.5. The highest BCUT2D eigenvalue weighted by Gasteiger charge is 2.34. The van der Waals surface area contributed by atoms with Gasteiger partial charge in [0.2, 0.25) is 5.91 Å². The Morgan fingerprint density at radius 2 is 2.09 bits per heavy atom. The van der Waals surface area contributed by atoms with E-state index < -0.39 is 0 Å². The smallest absolute Gasteiger partial charge is 0.275 e. The fourth-order valence-electron chi connectivity index (χ4n) is 5.10. The highest BCUT2D eigenvalue weighted by Crippen LogP contribution is 2.42. The van der Waals surface area contributed by atoms with Gasteiger partial charge in [0.25, 0.3) is 5.56 Å². The number of H-pyrrole nitrogens is 1. The van der Waals surface area contributed by atoms with Crippen molar-refractivity contribution in [3.05, 3.63) is 58.2 Å². The largest absolute Gasteiger partial charge is 0.354 e. The molecule has 4 heterocycles. The standard InChI is InChI=1S/C26H29N5O2S/c1-17-8-14-34-23(17)21-19(18-7-6-11-27-15-18)20-22(24(32)30-16-29-20)31(21)13-12-28-25(33)26(2)9-4-3-5-10-26/h6-8,11,14-16H,3-5,9-10,12-13H2,1-2H3,(H,28,33)(H,29,30,32). The van der Waals surface area contributed by atoms with Gasteiger partial charge in [-0.25, -0.2) is 4.98 Å². The molecule has 4 aromatic rings. The van der Waals surface area contributed by atoms with Gasteiger partial charge in [-0.05, 0) is 42.8 Å². The second kappa shape index (κ2) is 9.18. The number of carbonyl (C=O) groups excluding carboxylic acids is 1. The van der Waals surface area contributed by atoms with Gasteiger partial charge in [-0.15, -0.1) is 11.3 Å². The van der Waals surface area contributed by atoms with Crippen molar-refractivity contribution in [2.24, 2.45) is 5.41 Å². The zero-order chi connectivity index (χ0) is 23.7. The molecular weight excluding hydrogens is 446 g/mol. The summed E-state index contributed by atoms with van der Waals surface area (Å²) < 4.78 is 2.02. The first-order valence-corrected chi connectivity index (χ1v) is 12.7. The van der Waals surface area contributed by atoms with Gasteiger partial charge in [-0.3, -0.25) is 14.6 Å². The normalized spacial score (nSPS) is 15.5. The molecule has 1 aliphatic carbocycles. The van der Waals surface area contributed by atoms with E-state index in [0.717, 1.165) is 52.9 Å². The summed E-state index contributed by atoms with van der Waals surface area (Å²) in [5.41, 5.74) is 4.54. The molecule has 0 atom stereocenters. The minimum Gasteiger partial charge on any atom is -0.354 e. The number of rotatable bonds is 6. The van der Waals surface area contributed by atoms with Gasteiger partial charge >= 0.3 is 0 Å². The molecule has 2 N–H and O–H groups in total. The van der Waals surface area contributed by atoms with E-state index in [2.05, 4.69) is 45.6 Å². The molecule has 8 heteroatoms. The maximum atomic E-state index is 13.0. The molecule has 0 unspecified atom stereocenters. The van der Waals surface area contributed by atoms with Crippen LogP contribution in [0.4, 0.5) is 0 Å². The lowest BCUT2D eigenvalue weighted by molar-refractivity contribution is -0.131. The number of hydrogen-bond donors (Lipinski definition) is 2. The first kappa shape index (κ1) is 22.5. The highest BCUT2D eigenvalue weighted by molar-refractivity contribution is 7.13. The Labute approximate surface area is 202 Å². The molecule has 7 nitrogen and oxygen atoms in total. The predicted molar refractivity (Wildman–Crippen MR) is 136 cm³/mol. The van der Waals surface area contributed by atoms with Crippen molar-refractivity contribution in [1.82, 2.24) is 24.8 Å². The number of nitrogens with zero attached hydrogens (tertiary/aromatic N) is 3. The summed E-state index contributed by atoms with van der Waals surface area (Å²) in [7, 11) is 0. The van der Waals surface area contributed by atoms with Crippen LogP contribution in [0.2, 0.25) is 0 Å². The van der Waals surface area contributed by atoms with Gasteiger partial charge in [0, 0.05) is 42.0 Å². The number of amides is 1. The van der Waals surface area contributed by atoms with Gasteiger partial charge in [0.05, 0.1) is 16.9 Å². The lowest BCUT2D eigenvalue weighted by Crippen LogP contribution is -2.41. The number of nitrogens with one attached hydrogen (secondary N) is 2. The average molecular weight is 476 g/mol. The molecule has 1 fully saturated rings. The van der Waals surface area contributed by atoms with Crippen molar-refractivity contribution in [2.45, 2.75) is 52.5 Å². The quantitative estimate of drug-likeness (QED) is 0.414. The molecule has 0 radical (unpaired) electrons. The third-order valence-electron chi connectivity index (χ3n) is 7.00. The van der Waals surface area contributed by atoms with E-state index in [0.29, 0.717) is 24.1 Å². The molecule has 1 amide bonds. The Kier molecular flexibility index (Phi) is 6.08. The van der Waals surface area contributed by atoms with Crippen molar-refractivity contribution in [1.29, 1.82) is 0 Å². The molecule has 176 valence electrons. The third kappa shape index (κ3) is 3.96. The second-order valence-corrected chi connectivity index (χ2v) is 10.3. The molecule has 1 saturated carbocycles. The lowest BCUT2D eigenvalue weighted by Gasteiger charge is -2.32. The Bertz CT molecular complexity index is 1380. The molecule has 0 saturated heterocycles. The Balaban J connectivity index is 1.59. The Morgan fingerprint density at radius 3 is 2.79 bits per heavy atom. The average Bonchev–Trinajstić information content (AvgIpc) is 3.41. The number of carbonyl (C=O) groups is 1. The maximum Gasteiger partial charge on any atom is 0.275 e. The molecular formula is C26H29N5O2S. The van der Waals surface area contributed by atoms with Crippen molar-refractivity contribution in [2.75, 3.05) is 6.54 Å². The van der Waals surface area contributed by atoms with Crippen molar-refractivity contribution < 1.29 is 4.79 Å². The van der Waals surface area contributed by atoms with Crippen LogP contribution in [0.5, 0.6) is 0 Å². The van der Waals surface area contributed by atoms with E-state index in [4.69, 9.17) is 0 Å². The number of thiophene rings is 1. The molecule has 0 aromatic carbocycles. The fourth-order valence-corrected chi connectivity index (χ4v) is 6.08. The molecule has 5 rings (SSSR count). The van der Waals surface area contributed by atoms with E-state index in [9.17, 15) is 9.59 Å². The predicted octanol–water partition coefficient (Wildman–Crippen LogP) is 4.91. The van der Waals surface area contributed by atoms with Crippen LogP contribution < -0.4 is 10.9 Å². The SMILES string of the molecule is Cc1ccsc1-c1c(-c2cccnc2)c2nc[nH]c(=O)c2n1CCNC(=O)C1(C)CCCCC1. The number of aromatic nitrogens is 4. The third-order valence-corrected chi connectivity index (χ3v) is 8.02. The number of hydrogen-bond acceptors (Lipinski definition) is 5. The van der Waals surface area contributed by atoms with Crippen LogP contribution in [0.25, 0.3) is 32.7 Å². The topological polar surface area (TPSA) is 92.7 Å². The summed E-state index contributed by atoms with van der Waals surface area (Å²) in [5, 5.41) is 5.22. The minimum absolute atomic E-state index is 0.108. The van der Waals surface area contributed by atoms with Crippen molar-refractivity contribution in [3.63, 3.8) is 0 Å². The molecule has 4 aromatic heterocycles. The Hall–Kier alpha value is -3.26. The van der Waals surface area contributed by atoms with Crippen molar-refractivity contribution >= 4 is 28.3 Å². The van der Waals surface area contributed by atoms with Crippen LogP contribution in [-0.2, 0) is 11.3 Å². The maximum absolute atomic E-state index is 13.0. The van der Waals surface area contributed by atoms with Crippen LogP contribution in [0.1, 0.15) is 44.6 Å². The monoisotopic (exact) mass is 475 g/mol. The number of aromatic amines is 1. The Morgan fingerprint density at radius 1 is 1.26 bits per heavy atom. The molecule has 1 aliphatic rings. The number of pyridine rings is 1. The summed E-state index contributed by atoms with van der Waals surface area (Å²) in [4.78, 5) is 38.8. The summed E-state index contributed by atoms with van der Waals surface area (Å²) in [6, 6.07) is 5.97. The summed E-state index contributed by atoms with van der Waals surface area (Å²) in [6.45, 7) is 5.06. The van der Waals surface area contributed by atoms with Crippen LogP contribution in [0, 0.1) is 12.3 Å². The van der Waals surface area contributed by atoms with E-state index in [1.165, 1.54) is 12.7 Å². The lowest BCUT2D eigenvalue weighted by atomic mass is 9.75. The zero-order valence-electron chi connectivity index (χ0n) is 19.6. The summed E-state index contributed by atoms with van der Waals surface area (Å²) in [6.07, 6.45) is 10.3. The van der Waals surface area contributed by atoms with Crippen LogP contribution in [0.3, 0.4) is 0 Å². The van der Waals surface area contributed by atoms with Gasteiger partial charge in [0.15, 0.2) is 0 Å². The van der Waals surface area contributed by atoms with E-state index in [1.807, 2.05) is 16.7 Å². The molecule has 0 aliphatic heterocycles. The zero-order valence-corrected chi connectivity index (χ0v) is 20.4. The van der Waals surface area contributed by atoms with Crippen LogP contribution in [-0.4, -0.2) is 32.0 Å². The molecule has 0 spiro atoms. The number of fused-ring (bicyclic) bond motifs is 1. The van der Waals surface area contributed by atoms with Gasteiger partial charge < -0.3 is 14.9 Å². The van der Waals surface area contributed by atoms with Gasteiger partial charge in [-0.1, -0.05) is 32.3 Å². The molecule has 34 heavy (non-hydrogen) atoms. The second-order valence-electron chi connectivity index (χ2n) is 9.36. The number of aryl methyl sites for hydroxylation is 1. The van der Waals surface area contributed by atoms with Gasteiger partial charge in [-0.2, -0.15) is 0 Å². The van der Waals surface area contributed by atoms with Crippen molar-refractivity contribution in [3.8, 4) is 21.7 Å². The van der Waals surface area contributed by atoms with Gasteiger partial charge in [0.1, 0.15) is 11.0 Å². The van der Waals surface area contributed by atoms with Crippen LogP contribution in [0.15, 0.2) is 47.1 Å². The van der Waals surface area contributed by atoms with E-state index >= 15 is 0 Å². The van der Waals surface area contributed by atoms with Crippen LogP contribution >= 0.6 is 11.3 Å². The highest BCUT2D eigenvalue weighted by atomic mass is 32.1. The minimum atomic E-state index is -0.302. The summed E-state index contributed by atoms with van der Waals surface area (Å²) >= 11 is 1.64.